The summed E-state index contributed by atoms with van der Waals surface area (Å²) in [5, 5.41) is 0. The summed E-state index contributed by atoms with van der Waals surface area (Å²) in [7, 11) is 1.69. The third-order valence-electron chi connectivity index (χ3n) is 4.73. The van der Waals surface area contributed by atoms with Gasteiger partial charge in [-0.1, -0.05) is 0 Å². The van der Waals surface area contributed by atoms with Gasteiger partial charge in [0.1, 0.15) is 11.5 Å². The third kappa shape index (κ3) is 2.17. The molecule has 0 spiro atoms. The number of hydrogen-bond donors (Lipinski definition) is 1. The molecule has 2 heterocycles. The average molecular weight is 276 g/mol. The van der Waals surface area contributed by atoms with Crippen molar-refractivity contribution in [3.05, 3.63) is 23.8 Å². The molecule has 0 radical (unpaired) electrons. The van der Waals surface area contributed by atoms with Gasteiger partial charge >= 0.3 is 0 Å². The van der Waals surface area contributed by atoms with E-state index in [9.17, 15) is 0 Å². The minimum absolute atomic E-state index is 0.0609. The molecule has 2 aliphatic rings. The first kappa shape index (κ1) is 13.7. The van der Waals surface area contributed by atoms with E-state index in [4.69, 9.17) is 15.2 Å². The molecule has 0 amide bonds. The molecule has 1 aromatic rings. The average Bonchev–Trinajstić information content (AvgIpc) is 2.96. The van der Waals surface area contributed by atoms with Gasteiger partial charge in [-0.25, -0.2) is 0 Å². The molecular weight excluding hydrogens is 252 g/mol. The van der Waals surface area contributed by atoms with Crippen LogP contribution >= 0.6 is 0 Å². The van der Waals surface area contributed by atoms with E-state index in [-0.39, 0.29) is 5.54 Å². The SMILES string of the molecule is COc1ccc2c(c1)OCCCC2(CN)N1CCCC1. The predicted octanol–water partition coefficient (Wildman–Crippen LogP) is 2.12. The van der Waals surface area contributed by atoms with Gasteiger partial charge in [-0.2, -0.15) is 0 Å². The Morgan fingerprint density at radius 3 is 2.80 bits per heavy atom. The zero-order chi connectivity index (χ0) is 14.0. The quantitative estimate of drug-likeness (QED) is 0.918. The summed E-state index contributed by atoms with van der Waals surface area (Å²) >= 11 is 0. The fraction of sp³-hybridized carbons (Fsp3) is 0.625. The Hall–Kier alpha value is -1.26. The maximum Gasteiger partial charge on any atom is 0.128 e. The van der Waals surface area contributed by atoms with Gasteiger partial charge in [-0.3, -0.25) is 4.90 Å². The first-order valence-electron chi connectivity index (χ1n) is 7.56. The van der Waals surface area contributed by atoms with Crippen LogP contribution in [0.1, 0.15) is 31.2 Å². The standard InChI is InChI=1S/C16H24N2O2/c1-19-13-5-6-14-15(11-13)20-10-4-7-16(14,12-17)18-8-2-3-9-18/h5-6,11H,2-4,7-10,12,17H2,1H3. The summed E-state index contributed by atoms with van der Waals surface area (Å²) in [6.45, 7) is 3.69. The fourth-order valence-electron chi connectivity index (χ4n) is 3.63. The maximum atomic E-state index is 6.24. The van der Waals surface area contributed by atoms with E-state index in [0.29, 0.717) is 6.54 Å². The molecule has 110 valence electrons. The van der Waals surface area contributed by atoms with Crippen molar-refractivity contribution in [3.63, 3.8) is 0 Å². The largest absolute Gasteiger partial charge is 0.497 e. The second-order valence-corrected chi connectivity index (χ2v) is 5.74. The summed E-state index contributed by atoms with van der Waals surface area (Å²) in [5.41, 5.74) is 7.42. The lowest BCUT2D eigenvalue weighted by Gasteiger charge is -2.41. The highest BCUT2D eigenvalue weighted by atomic mass is 16.5. The Morgan fingerprint density at radius 1 is 1.30 bits per heavy atom. The van der Waals surface area contributed by atoms with Crippen LogP contribution in [-0.2, 0) is 5.54 Å². The number of likely N-dealkylation sites (tertiary alicyclic amines) is 1. The van der Waals surface area contributed by atoms with Gasteiger partial charge in [0.25, 0.3) is 0 Å². The zero-order valence-electron chi connectivity index (χ0n) is 12.2. The molecule has 0 aliphatic carbocycles. The minimum atomic E-state index is -0.0609. The van der Waals surface area contributed by atoms with Crippen LogP contribution < -0.4 is 15.2 Å². The maximum absolute atomic E-state index is 6.24. The van der Waals surface area contributed by atoms with Crippen LogP contribution in [0.4, 0.5) is 0 Å². The van der Waals surface area contributed by atoms with Crippen molar-refractivity contribution in [1.82, 2.24) is 4.90 Å². The molecule has 0 aromatic heterocycles. The zero-order valence-corrected chi connectivity index (χ0v) is 12.2. The lowest BCUT2D eigenvalue weighted by molar-refractivity contribution is 0.112. The predicted molar refractivity (Wildman–Crippen MR) is 79.3 cm³/mol. The van der Waals surface area contributed by atoms with Crippen molar-refractivity contribution in [1.29, 1.82) is 0 Å². The van der Waals surface area contributed by atoms with Gasteiger partial charge in [0.05, 0.1) is 19.3 Å². The van der Waals surface area contributed by atoms with Crippen LogP contribution in [0.15, 0.2) is 18.2 Å². The van der Waals surface area contributed by atoms with Gasteiger partial charge in [-0.05, 0) is 50.9 Å². The molecule has 3 rings (SSSR count). The summed E-state index contributed by atoms with van der Waals surface area (Å²) in [4.78, 5) is 2.56. The van der Waals surface area contributed by atoms with Crippen LogP contribution in [0, 0.1) is 0 Å². The van der Waals surface area contributed by atoms with E-state index in [2.05, 4.69) is 11.0 Å². The Morgan fingerprint density at radius 2 is 2.10 bits per heavy atom. The first-order valence-corrected chi connectivity index (χ1v) is 7.56. The molecule has 0 saturated carbocycles. The Balaban J connectivity index is 2.06. The lowest BCUT2D eigenvalue weighted by atomic mass is 9.83. The number of rotatable bonds is 3. The number of fused-ring (bicyclic) bond motifs is 1. The Labute approximate surface area is 120 Å². The Bertz CT molecular complexity index is 472. The molecule has 1 unspecified atom stereocenters. The number of ether oxygens (including phenoxy) is 2. The molecule has 1 atom stereocenters. The molecule has 4 nitrogen and oxygen atoms in total. The first-order chi connectivity index (χ1) is 9.80. The third-order valence-corrected chi connectivity index (χ3v) is 4.73. The molecule has 4 heteroatoms. The minimum Gasteiger partial charge on any atom is -0.497 e. The van der Waals surface area contributed by atoms with Crippen LogP contribution in [0.5, 0.6) is 11.5 Å². The summed E-state index contributed by atoms with van der Waals surface area (Å²) in [6, 6.07) is 6.17. The molecule has 2 N–H and O–H groups in total. The molecular formula is C16H24N2O2. The molecule has 20 heavy (non-hydrogen) atoms. The molecule has 1 aromatic carbocycles. The van der Waals surface area contributed by atoms with E-state index in [1.807, 2.05) is 12.1 Å². The highest BCUT2D eigenvalue weighted by Gasteiger charge is 2.41. The van der Waals surface area contributed by atoms with Crippen LogP contribution in [0.2, 0.25) is 0 Å². The second-order valence-electron chi connectivity index (χ2n) is 5.74. The number of benzene rings is 1. The van der Waals surface area contributed by atoms with Gasteiger partial charge in [0, 0.05) is 18.2 Å². The molecule has 1 fully saturated rings. The fourth-order valence-corrected chi connectivity index (χ4v) is 3.63. The van der Waals surface area contributed by atoms with Gasteiger partial charge in [0.15, 0.2) is 0 Å². The van der Waals surface area contributed by atoms with Gasteiger partial charge < -0.3 is 15.2 Å². The van der Waals surface area contributed by atoms with Crippen molar-refractivity contribution in [2.45, 2.75) is 31.2 Å². The van der Waals surface area contributed by atoms with E-state index in [1.54, 1.807) is 7.11 Å². The summed E-state index contributed by atoms with van der Waals surface area (Å²) in [5.74, 6) is 1.79. The van der Waals surface area contributed by atoms with Gasteiger partial charge in [-0.15, -0.1) is 0 Å². The summed E-state index contributed by atoms with van der Waals surface area (Å²) < 4.78 is 11.3. The van der Waals surface area contributed by atoms with E-state index < -0.39 is 0 Å². The van der Waals surface area contributed by atoms with Gasteiger partial charge in [0.2, 0.25) is 0 Å². The van der Waals surface area contributed by atoms with Crippen molar-refractivity contribution in [3.8, 4) is 11.5 Å². The van der Waals surface area contributed by atoms with Crippen LogP contribution in [0.3, 0.4) is 0 Å². The van der Waals surface area contributed by atoms with Crippen LogP contribution in [0.25, 0.3) is 0 Å². The number of methoxy groups -OCH3 is 1. The lowest BCUT2D eigenvalue weighted by Crippen LogP contribution is -2.49. The monoisotopic (exact) mass is 276 g/mol. The van der Waals surface area contributed by atoms with E-state index >= 15 is 0 Å². The highest BCUT2D eigenvalue weighted by molar-refractivity contribution is 5.46. The normalized spacial score (nSPS) is 26.7. The second kappa shape index (κ2) is 5.62. The van der Waals surface area contributed by atoms with Crippen molar-refractivity contribution in [2.24, 2.45) is 5.73 Å². The number of nitrogens with zero attached hydrogens (tertiary/aromatic N) is 1. The number of nitrogens with two attached hydrogens (primary N) is 1. The molecule has 2 aliphatic heterocycles. The van der Waals surface area contributed by atoms with E-state index in [0.717, 1.165) is 44.0 Å². The van der Waals surface area contributed by atoms with Crippen molar-refractivity contribution < 1.29 is 9.47 Å². The summed E-state index contributed by atoms with van der Waals surface area (Å²) in [6.07, 6.45) is 4.66. The van der Waals surface area contributed by atoms with Crippen LogP contribution in [-0.4, -0.2) is 38.3 Å². The van der Waals surface area contributed by atoms with Crippen molar-refractivity contribution >= 4 is 0 Å². The van der Waals surface area contributed by atoms with Crippen molar-refractivity contribution in [2.75, 3.05) is 33.4 Å². The van der Waals surface area contributed by atoms with E-state index in [1.165, 1.54) is 18.4 Å². The molecule has 0 bridgehead atoms. The molecule has 1 saturated heterocycles. The Kier molecular flexibility index (Phi) is 3.85. The smallest absolute Gasteiger partial charge is 0.128 e. The highest BCUT2D eigenvalue weighted by Crippen LogP contribution is 2.43. The number of hydrogen-bond acceptors (Lipinski definition) is 4. The topological polar surface area (TPSA) is 47.7 Å².